The average molecular weight is 211 g/mol. The van der Waals surface area contributed by atoms with Crippen molar-refractivity contribution in [3.05, 3.63) is 34.3 Å². The Labute approximate surface area is 90.1 Å². The molecule has 0 saturated carbocycles. The highest BCUT2D eigenvalue weighted by Gasteiger charge is 2.09. The number of ketones is 1. The number of carbonyl (C=O) groups excluding carboxylic acids is 1. The molecule has 14 heavy (non-hydrogen) atoms. The first-order valence-corrected chi connectivity index (χ1v) is 5.18. The molecule has 0 unspecified atom stereocenters. The van der Waals surface area contributed by atoms with Crippen LogP contribution in [0.4, 0.5) is 0 Å². The zero-order valence-corrected chi connectivity index (χ0v) is 9.56. The fourth-order valence-electron chi connectivity index (χ4n) is 1.25. The van der Waals surface area contributed by atoms with Crippen LogP contribution in [0.3, 0.4) is 0 Å². The normalized spacial score (nSPS) is 10.6. The van der Waals surface area contributed by atoms with Crippen LogP contribution >= 0.6 is 11.6 Å². The minimum absolute atomic E-state index is 0.168. The number of benzene rings is 1. The average Bonchev–Trinajstić information content (AvgIpc) is 2.08. The van der Waals surface area contributed by atoms with Crippen LogP contribution in [-0.2, 0) is 0 Å². The van der Waals surface area contributed by atoms with Crippen molar-refractivity contribution in [1.29, 1.82) is 0 Å². The van der Waals surface area contributed by atoms with E-state index < -0.39 is 0 Å². The third-order valence-electron chi connectivity index (χ3n) is 2.09. The quantitative estimate of drug-likeness (QED) is 0.692. The van der Waals surface area contributed by atoms with Crippen molar-refractivity contribution in [2.45, 2.75) is 27.2 Å². The summed E-state index contributed by atoms with van der Waals surface area (Å²) in [5.41, 5.74) is 1.72. The summed E-state index contributed by atoms with van der Waals surface area (Å²) < 4.78 is 0. The maximum atomic E-state index is 11.7. The third-order valence-corrected chi connectivity index (χ3v) is 2.49. The molecule has 1 nitrogen and oxygen atoms in total. The lowest BCUT2D eigenvalue weighted by Gasteiger charge is -2.05. The molecule has 1 aromatic rings. The molecule has 0 saturated heterocycles. The standard InChI is InChI=1S/C12H15ClO/c1-8(2)6-12(14)10-5-4-9(3)11(13)7-10/h4-5,7-8H,6H2,1-3H3. The van der Waals surface area contributed by atoms with Gasteiger partial charge in [-0.3, -0.25) is 4.79 Å². The number of halogens is 1. The summed E-state index contributed by atoms with van der Waals surface area (Å²) >= 11 is 5.94. The van der Waals surface area contributed by atoms with Gasteiger partial charge in [0, 0.05) is 17.0 Å². The SMILES string of the molecule is Cc1ccc(C(=O)CC(C)C)cc1Cl. The fourth-order valence-corrected chi connectivity index (χ4v) is 1.44. The van der Waals surface area contributed by atoms with Gasteiger partial charge in [-0.25, -0.2) is 0 Å². The second kappa shape index (κ2) is 4.61. The van der Waals surface area contributed by atoms with Gasteiger partial charge in [-0.2, -0.15) is 0 Å². The number of hydrogen-bond donors (Lipinski definition) is 0. The first-order chi connectivity index (χ1) is 6.50. The number of hydrogen-bond acceptors (Lipinski definition) is 1. The van der Waals surface area contributed by atoms with E-state index in [1.807, 2.05) is 32.9 Å². The Morgan fingerprint density at radius 3 is 2.57 bits per heavy atom. The number of aryl methyl sites for hydroxylation is 1. The molecule has 0 fully saturated rings. The number of rotatable bonds is 3. The highest BCUT2D eigenvalue weighted by Crippen LogP contribution is 2.18. The summed E-state index contributed by atoms with van der Waals surface area (Å²) in [6.07, 6.45) is 0.583. The molecule has 0 heterocycles. The molecule has 2 heteroatoms. The van der Waals surface area contributed by atoms with Gasteiger partial charge in [0.15, 0.2) is 5.78 Å². The van der Waals surface area contributed by atoms with E-state index in [0.29, 0.717) is 22.9 Å². The zero-order chi connectivity index (χ0) is 10.7. The molecule has 0 radical (unpaired) electrons. The van der Waals surface area contributed by atoms with Gasteiger partial charge >= 0.3 is 0 Å². The van der Waals surface area contributed by atoms with Crippen molar-refractivity contribution >= 4 is 17.4 Å². The molecule has 0 amide bonds. The molecule has 0 aromatic heterocycles. The van der Waals surface area contributed by atoms with Crippen molar-refractivity contribution in [1.82, 2.24) is 0 Å². The lowest BCUT2D eigenvalue weighted by molar-refractivity contribution is 0.0968. The van der Waals surface area contributed by atoms with Crippen LogP contribution in [0.15, 0.2) is 18.2 Å². The molecule has 0 bridgehead atoms. The van der Waals surface area contributed by atoms with Crippen LogP contribution in [0.1, 0.15) is 36.2 Å². The van der Waals surface area contributed by atoms with E-state index in [4.69, 9.17) is 11.6 Å². The minimum atomic E-state index is 0.168. The van der Waals surface area contributed by atoms with E-state index in [2.05, 4.69) is 0 Å². The van der Waals surface area contributed by atoms with E-state index in [0.717, 1.165) is 5.56 Å². The maximum absolute atomic E-state index is 11.7. The van der Waals surface area contributed by atoms with Crippen molar-refractivity contribution in [3.63, 3.8) is 0 Å². The molecular weight excluding hydrogens is 196 g/mol. The Hall–Kier alpha value is -0.820. The van der Waals surface area contributed by atoms with Crippen molar-refractivity contribution < 1.29 is 4.79 Å². The topological polar surface area (TPSA) is 17.1 Å². The Kier molecular flexibility index (Phi) is 3.70. The monoisotopic (exact) mass is 210 g/mol. The lowest BCUT2D eigenvalue weighted by atomic mass is 10.0. The Balaban J connectivity index is 2.86. The molecule has 0 spiro atoms. The van der Waals surface area contributed by atoms with E-state index in [1.165, 1.54) is 0 Å². The molecule has 1 aromatic carbocycles. The zero-order valence-electron chi connectivity index (χ0n) is 8.80. The predicted molar refractivity (Wildman–Crippen MR) is 60.0 cm³/mol. The van der Waals surface area contributed by atoms with Gasteiger partial charge in [0.05, 0.1) is 0 Å². The van der Waals surface area contributed by atoms with Crippen molar-refractivity contribution in [2.75, 3.05) is 0 Å². The van der Waals surface area contributed by atoms with Crippen LogP contribution in [0.2, 0.25) is 5.02 Å². The first-order valence-electron chi connectivity index (χ1n) is 4.80. The number of carbonyl (C=O) groups is 1. The largest absolute Gasteiger partial charge is 0.294 e. The highest BCUT2D eigenvalue weighted by atomic mass is 35.5. The molecule has 0 atom stereocenters. The first kappa shape index (κ1) is 11.3. The molecule has 76 valence electrons. The van der Waals surface area contributed by atoms with Gasteiger partial charge in [-0.1, -0.05) is 37.6 Å². The fraction of sp³-hybridized carbons (Fsp3) is 0.417. The molecule has 1 rings (SSSR count). The summed E-state index contributed by atoms with van der Waals surface area (Å²) in [6, 6.07) is 5.48. The van der Waals surface area contributed by atoms with Crippen LogP contribution in [0, 0.1) is 12.8 Å². The van der Waals surface area contributed by atoms with Gasteiger partial charge in [-0.05, 0) is 24.5 Å². The molecular formula is C12H15ClO. The molecule has 0 aliphatic rings. The molecule has 0 aliphatic carbocycles. The van der Waals surface area contributed by atoms with Crippen LogP contribution in [-0.4, -0.2) is 5.78 Å². The van der Waals surface area contributed by atoms with Gasteiger partial charge in [0.25, 0.3) is 0 Å². The molecule has 0 aliphatic heterocycles. The van der Waals surface area contributed by atoms with Crippen molar-refractivity contribution in [2.24, 2.45) is 5.92 Å². The predicted octanol–water partition coefficient (Wildman–Crippen LogP) is 3.88. The summed E-state index contributed by atoms with van der Waals surface area (Å²) in [7, 11) is 0. The molecule has 0 N–H and O–H groups in total. The Morgan fingerprint density at radius 2 is 2.07 bits per heavy atom. The van der Waals surface area contributed by atoms with Crippen LogP contribution in [0.25, 0.3) is 0 Å². The van der Waals surface area contributed by atoms with Gasteiger partial charge in [0.1, 0.15) is 0 Å². The van der Waals surface area contributed by atoms with Crippen LogP contribution in [0.5, 0.6) is 0 Å². The smallest absolute Gasteiger partial charge is 0.163 e. The summed E-state index contributed by atoms with van der Waals surface area (Å²) in [6.45, 7) is 6.00. The minimum Gasteiger partial charge on any atom is -0.294 e. The van der Waals surface area contributed by atoms with Crippen LogP contribution < -0.4 is 0 Å². The van der Waals surface area contributed by atoms with Gasteiger partial charge in [-0.15, -0.1) is 0 Å². The number of Topliss-reactive ketones (excluding diaryl/α,β-unsaturated/α-hetero) is 1. The van der Waals surface area contributed by atoms with E-state index in [-0.39, 0.29) is 5.78 Å². The van der Waals surface area contributed by atoms with E-state index in [9.17, 15) is 4.79 Å². The highest BCUT2D eigenvalue weighted by molar-refractivity contribution is 6.31. The van der Waals surface area contributed by atoms with E-state index in [1.54, 1.807) is 6.07 Å². The van der Waals surface area contributed by atoms with Gasteiger partial charge < -0.3 is 0 Å². The summed E-state index contributed by atoms with van der Waals surface area (Å²) in [4.78, 5) is 11.7. The summed E-state index contributed by atoms with van der Waals surface area (Å²) in [5, 5.41) is 0.666. The third kappa shape index (κ3) is 2.85. The Morgan fingerprint density at radius 1 is 1.43 bits per heavy atom. The second-order valence-corrected chi connectivity index (χ2v) is 4.39. The lowest BCUT2D eigenvalue weighted by Crippen LogP contribution is -2.03. The summed E-state index contributed by atoms with van der Waals surface area (Å²) in [5.74, 6) is 0.560. The Bertz CT molecular complexity index is 342. The maximum Gasteiger partial charge on any atom is 0.163 e. The van der Waals surface area contributed by atoms with E-state index >= 15 is 0 Å². The second-order valence-electron chi connectivity index (χ2n) is 3.99. The van der Waals surface area contributed by atoms with Gasteiger partial charge in [0.2, 0.25) is 0 Å². The van der Waals surface area contributed by atoms with Crippen molar-refractivity contribution in [3.8, 4) is 0 Å².